The second kappa shape index (κ2) is 6.87. The van der Waals surface area contributed by atoms with E-state index in [9.17, 15) is 4.79 Å². The molecule has 8 heteroatoms. The highest BCUT2D eigenvalue weighted by molar-refractivity contribution is 8.16. The minimum atomic E-state index is -0.157. The van der Waals surface area contributed by atoms with Gasteiger partial charge >= 0.3 is 0 Å². The molecule has 2 aromatic heterocycles. The number of rotatable bonds is 3. The molecule has 1 aliphatic heterocycles. The standard InChI is InChI=1S/C18H12Cl2N4OS/c1-24-16(22-14-3-2-6-21-17(14)24)12(18-23-15(25)9-26-18)7-10-4-5-11(19)8-13(10)20/h2-8H,9H2,1H3/b12-7+. The van der Waals surface area contributed by atoms with Gasteiger partial charge in [-0.2, -0.15) is 0 Å². The molecule has 4 rings (SSSR count). The fraction of sp³-hybridized carbons (Fsp3) is 0.111. The Balaban J connectivity index is 1.93. The maximum absolute atomic E-state index is 11.7. The molecule has 0 bridgehead atoms. The Morgan fingerprint density at radius 1 is 1.31 bits per heavy atom. The van der Waals surface area contributed by atoms with Gasteiger partial charge in [0.25, 0.3) is 5.91 Å². The van der Waals surface area contributed by atoms with Crippen LogP contribution in [-0.2, 0) is 11.8 Å². The van der Waals surface area contributed by atoms with Gasteiger partial charge in [0, 0.05) is 23.3 Å². The van der Waals surface area contributed by atoms with E-state index in [1.807, 2.05) is 35.9 Å². The van der Waals surface area contributed by atoms with Crippen LogP contribution < -0.4 is 0 Å². The molecule has 5 nitrogen and oxygen atoms in total. The molecule has 3 heterocycles. The van der Waals surface area contributed by atoms with Crippen LogP contribution >= 0.6 is 35.0 Å². The van der Waals surface area contributed by atoms with Crippen molar-refractivity contribution in [2.75, 3.05) is 5.75 Å². The monoisotopic (exact) mass is 402 g/mol. The van der Waals surface area contributed by atoms with E-state index in [2.05, 4.69) is 15.0 Å². The number of pyridine rings is 1. The van der Waals surface area contributed by atoms with Crippen molar-refractivity contribution < 1.29 is 4.79 Å². The van der Waals surface area contributed by atoms with Crippen LogP contribution in [0.15, 0.2) is 41.5 Å². The number of aryl methyl sites for hydroxylation is 1. The molecule has 130 valence electrons. The SMILES string of the molecule is Cn1c(/C(=C\c2ccc(Cl)cc2Cl)C2=NC(=O)CS2)nc2cccnc21. The molecule has 1 aromatic carbocycles. The fourth-order valence-electron chi connectivity index (χ4n) is 2.71. The van der Waals surface area contributed by atoms with Crippen LogP contribution in [0, 0.1) is 0 Å². The quantitative estimate of drug-likeness (QED) is 0.647. The zero-order valence-electron chi connectivity index (χ0n) is 13.6. The van der Waals surface area contributed by atoms with Gasteiger partial charge in [-0.1, -0.05) is 41.0 Å². The minimum Gasteiger partial charge on any atom is -0.312 e. The van der Waals surface area contributed by atoms with E-state index in [0.717, 1.165) is 22.3 Å². The number of hydrogen-bond donors (Lipinski definition) is 0. The first-order valence-corrected chi connectivity index (χ1v) is 9.46. The number of imidazole rings is 1. The lowest BCUT2D eigenvalue weighted by Gasteiger charge is -2.08. The van der Waals surface area contributed by atoms with Gasteiger partial charge in [-0.05, 0) is 35.9 Å². The number of aliphatic imine (C=N–C) groups is 1. The maximum Gasteiger partial charge on any atom is 0.257 e. The lowest BCUT2D eigenvalue weighted by molar-refractivity contribution is -0.115. The number of fused-ring (bicyclic) bond motifs is 1. The molecule has 0 spiro atoms. The summed E-state index contributed by atoms with van der Waals surface area (Å²) in [6.45, 7) is 0. The normalized spacial score (nSPS) is 15.0. The molecule has 0 N–H and O–H groups in total. The van der Waals surface area contributed by atoms with Gasteiger partial charge in [0.2, 0.25) is 0 Å². The number of amides is 1. The molecular formula is C18H12Cl2N4OS. The number of halogens is 2. The molecule has 1 amide bonds. The van der Waals surface area contributed by atoms with Gasteiger partial charge in [0.15, 0.2) is 5.65 Å². The summed E-state index contributed by atoms with van der Waals surface area (Å²) in [5, 5.41) is 1.70. The molecule has 0 saturated heterocycles. The molecule has 26 heavy (non-hydrogen) atoms. The first kappa shape index (κ1) is 17.3. The summed E-state index contributed by atoms with van der Waals surface area (Å²) < 4.78 is 1.89. The predicted molar refractivity (Wildman–Crippen MR) is 108 cm³/mol. The van der Waals surface area contributed by atoms with E-state index in [4.69, 9.17) is 23.2 Å². The highest BCUT2D eigenvalue weighted by atomic mass is 35.5. The van der Waals surface area contributed by atoms with Crippen LogP contribution in [0.3, 0.4) is 0 Å². The van der Waals surface area contributed by atoms with E-state index >= 15 is 0 Å². The van der Waals surface area contributed by atoms with Gasteiger partial charge < -0.3 is 4.57 Å². The van der Waals surface area contributed by atoms with Gasteiger partial charge in [0.1, 0.15) is 16.4 Å². The second-order valence-electron chi connectivity index (χ2n) is 5.66. The summed E-state index contributed by atoms with van der Waals surface area (Å²) in [6, 6.07) is 9.00. The van der Waals surface area contributed by atoms with Gasteiger partial charge in [-0.3, -0.25) is 4.79 Å². The van der Waals surface area contributed by atoms with Gasteiger partial charge in [-0.15, -0.1) is 0 Å². The summed E-state index contributed by atoms with van der Waals surface area (Å²) in [5.41, 5.74) is 3.03. The van der Waals surface area contributed by atoms with Crippen LogP contribution in [0.2, 0.25) is 10.0 Å². The van der Waals surface area contributed by atoms with Crippen LogP contribution in [0.4, 0.5) is 0 Å². The van der Waals surface area contributed by atoms with Crippen molar-refractivity contribution in [1.82, 2.24) is 14.5 Å². The fourth-order valence-corrected chi connectivity index (χ4v) is 3.97. The number of thioether (sulfide) groups is 1. The molecule has 0 radical (unpaired) electrons. The van der Waals surface area contributed by atoms with Gasteiger partial charge in [-0.25, -0.2) is 15.0 Å². The second-order valence-corrected chi connectivity index (χ2v) is 7.47. The van der Waals surface area contributed by atoms with Crippen molar-refractivity contribution in [1.29, 1.82) is 0 Å². The minimum absolute atomic E-state index is 0.157. The lowest BCUT2D eigenvalue weighted by Crippen LogP contribution is -2.04. The number of hydrogen-bond acceptors (Lipinski definition) is 4. The van der Waals surface area contributed by atoms with Crippen molar-refractivity contribution in [2.24, 2.45) is 12.0 Å². The van der Waals surface area contributed by atoms with E-state index < -0.39 is 0 Å². The van der Waals surface area contributed by atoms with Crippen molar-refractivity contribution in [3.8, 4) is 0 Å². The van der Waals surface area contributed by atoms with Crippen molar-refractivity contribution in [3.63, 3.8) is 0 Å². The molecule has 0 saturated carbocycles. The van der Waals surface area contributed by atoms with E-state index in [0.29, 0.717) is 26.7 Å². The Morgan fingerprint density at radius 3 is 2.85 bits per heavy atom. The lowest BCUT2D eigenvalue weighted by atomic mass is 10.1. The Labute approximate surface area is 163 Å². The Kier molecular flexibility index (Phi) is 4.56. The first-order valence-electron chi connectivity index (χ1n) is 7.72. The first-order chi connectivity index (χ1) is 12.5. The van der Waals surface area contributed by atoms with Crippen LogP contribution in [0.5, 0.6) is 0 Å². The highest BCUT2D eigenvalue weighted by Gasteiger charge is 2.24. The summed E-state index contributed by atoms with van der Waals surface area (Å²) in [5.74, 6) is 0.837. The Morgan fingerprint density at radius 2 is 2.15 bits per heavy atom. The third kappa shape index (κ3) is 3.16. The van der Waals surface area contributed by atoms with E-state index in [1.165, 1.54) is 11.8 Å². The zero-order chi connectivity index (χ0) is 18.3. The molecule has 0 fully saturated rings. The van der Waals surface area contributed by atoms with Crippen molar-refractivity contribution in [3.05, 3.63) is 58.0 Å². The van der Waals surface area contributed by atoms with E-state index in [1.54, 1.807) is 18.3 Å². The Hall–Kier alpha value is -2.15. The summed E-state index contributed by atoms with van der Waals surface area (Å²) in [6.07, 6.45) is 3.60. The third-order valence-electron chi connectivity index (χ3n) is 3.92. The molecule has 3 aromatic rings. The summed E-state index contributed by atoms with van der Waals surface area (Å²) >= 11 is 13.7. The number of carbonyl (C=O) groups is 1. The third-order valence-corrected chi connectivity index (χ3v) is 5.46. The van der Waals surface area contributed by atoms with Gasteiger partial charge in [0.05, 0.1) is 11.3 Å². The van der Waals surface area contributed by atoms with Crippen LogP contribution in [0.25, 0.3) is 22.8 Å². The molecule has 1 aliphatic rings. The van der Waals surface area contributed by atoms with Crippen molar-refractivity contribution in [2.45, 2.75) is 0 Å². The number of carbonyl (C=O) groups excluding carboxylic acids is 1. The smallest absolute Gasteiger partial charge is 0.257 e. The zero-order valence-corrected chi connectivity index (χ0v) is 15.9. The largest absolute Gasteiger partial charge is 0.312 e. The summed E-state index contributed by atoms with van der Waals surface area (Å²) in [7, 11) is 1.89. The van der Waals surface area contributed by atoms with Crippen molar-refractivity contribution >= 4 is 68.7 Å². The number of nitrogens with zero attached hydrogens (tertiary/aromatic N) is 4. The topological polar surface area (TPSA) is 60.1 Å². The Bertz CT molecular complexity index is 1100. The van der Waals surface area contributed by atoms with E-state index in [-0.39, 0.29) is 5.91 Å². The highest BCUT2D eigenvalue weighted by Crippen LogP contribution is 2.32. The molecule has 0 unspecified atom stereocenters. The molecule has 0 atom stereocenters. The summed E-state index contributed by atoms with van der Waals surface area (Å²) in [4.78, 5) is 24.9. The predicted octanol–water partition coefficient (Wildman–Crippen LogP) is 4.49. The van der Waals surface area contributed by atoms with Crippen LogP contribution in [0.1, 0.15) is 11.4 Å². The average Bonchev–Trinajstić information content (AvgIpc) is 3.19. The number of aromatic nitrogens is 3. The maximum atomic E-state index is 11.7. The average molecular weight is 403 g/mol. The number of benzene rings is 1. The molecular weight excluding hydrogens is 391 g/mol. The van der Waals surface area contributed by atoms with Crippen LogP contribution in [-0.4, -0.2) is 31.2 Å². The molecule has 0 aliphatic carbocycles.